The van der Waals surface area contributed by atoms with Crippen LogP contribution in [0.15, 0.2) is 11.1 Å². The van der Waals surface area contributed by atoms with Gasteiger partial charge in [0.15, 0.2) is 8.32 Å². The molecule has 0 bridgehead atoms. The molecule has 2 N–H and O–H groups in total. The van der Waals surface area contributed by atoms with E-state index in [1.165, 1.54) is 7.11 Å². The van der Waals surface area contributed by atoms with Crippen LogP contribution in [-0.2, 0) is 28.2 Å². The molecule has 38 heavy (non-hydrogen) atoms. The summed E-state index contributed by atoms with van der Waals surface area (Å²) in [6, 6.07) is 0. The van der Waals surface area contributed by atoms with E-state index in [2.05, 4.69) is 55.1 Å². The monoisotopic (exact) mass is 636 g/mol. The average Bonchev–Trinajstić information content (AvgIpc) is 2.81. The number of carbonyl (C=O) groups is 2. The molecular formula is C27H42BrClO8Si. The van der Waals surface area contributed by atoms with Gasteiger partial charge >= 0.3 is 5.97 Å². The number of aliphatic hydroxyl groups is 2. The lowest BCUT2D eigenvalue weighted by Crippen LogP contribution is -2.64. The number of Topliss-reactive ketones (excluding diaryl/α,β-unsaturated/α-hetero) is 1. The van der Waals surface area contributed by atoms with Gasteiger partial charge in [-0.05, 0) is 54.2 Å². The van der Waals surface area contributed by atoms with E-state index in [9.17, 15) is 19.8 Å². The van der Waals surface area contributed by atoms with Gasteiger partial charge in [-0.25, -0.2) is 0 Å². The molecule has 0 spiro atoms. The minimum atomic E-state index is -2.41. The lowest BCUT2D eigenvalue weighted by atomic mass is 9.87. The van der Waals surface area contributed by atoms with E-state index in [4.69, 9.17) is 30.2 Å². The van der Waals surface area contributed by atoms with Gasteiger partial charge in [0.25, 0.3) is 0 Å². The fourth-order valence-corrected chi connectivity index (χ4v) is 6.25. The number of hydrogen-bond acceptors (Lipinski definition) is 8. The molecule has 2 fully saturated rings. The molecule has 1 unspecified atom stereocenters. The molecule has 8 nitrogen and oxygen atoms in total. The van der Waals surface area contributed by atoms with Crippen molar-refractivity contribution in [1.29, 1.82) is 0 Å². The topological polar surface area (TPSA) is 112 Å². The van der Waals surface area contributed by atoms with E-state index < -0.39 is 57.0 Å². The van der Waals surface area contributed by atoms with Gasteiger partial charge in [0.2, 0.25) is 5.78 Å². The first kappa shape index (κ1) is 33.4. The Bertz CT molecular complexity index is 909. The van der Waals surface area contributed by atoms with Crippen LogP contribution in [0.1, 0.15) is 59.3 Å². The third kappa shape index (κ3) is 9.41. The summed E-state index contributed by atoms with van der Waals surface area (Å²) >= 11 is 9.54. The van der Waals surface area contributed by atoms with Crippen LogP contribution in [0.3, 0.4) is 0 Å². The first-order valence-corrected chi connectivity index (χ1v) is 17.1. The molecule has 2 aliphatic rings. The van der Waals surface area contributed by atoms with Crippen molar-refractivity contribution in [2.45, 2.75) is 126 Å². The molecule has 0 amide bonds. The maximum Gasteiger partial charge on any atom is 0.308 e. The van der Waals surface area contributed by atoms with E-state index in [0.717, 1.165) is 4.48 Å². The Balaban J connectivity index is 2.22. The summed E-state index contributed by atoms with van der Waals surface area (Å²) in [5.74, 6) is 4.88. The molecule has 0 aromatic rings. The Hall–Kier alpha value is -0.773. The molecule has 216 valence electrons. The highest BCUT2D eigenvalue weighted by molar-refractivity contribution is 9.11. The molecule has 2 heterocycles. The zero-order chi connectivity index (χ0) is 28.8. The summed E-state index contributed by atoms with van der Waals surface area (Å²) in [6.45, 7) is 14.1. The number of ether oxygens (including phenoxy) is 3. The van der Waals surface area contributed by atoms with Gasteiger partial charge in [-0.15, -0.1) is 11.6 Å². The van der Waals surface area contributed by atoms with Crippen LogP contribution in [0, 0.1) is 11.8 Å². The molecule has 0 aromatic carbocycles. The maximum atomic E-state index is 12.6. The Morgan fingerprint density at radius 3 is 2.45 bits per heavy atom. The molecule has 0 saturated carbocycles. The van der Waals surface area contributed by atoms with Gasteiger partial charge in [0.1, 0.15) is 30.5 Å². The first-order valence-electron chi connectivity index (χ1n) is 13.0. The van der Waals surface area contributed by atoms with E-state index in [1.54, 1.807) is 0 Å². The first-order chi connectivity index (χ1) is 17.6. The number of aliphatic hydroxyl groups excluding tert-OH is 2. The van der Waals surface area contributed by atoms with E-state index in [-0.39, 0.29) is 29.0 Å². The number of fused-ring (bicyclic) bond motifs is 1. The smallest absolute Gasteiger partial charge is 0.308 e. The van der Waals surface area contributed by atoms with Crippen LogP contribution >= 0.6 is 27.5 Å². The molecule has 2 aliphatic heterocycles. The molecule has 0 aromatic heterocycles. The Morgan fingerprint density at radius 2 is 1.87 bits per heavy atom. The summed E-state index contributed by atoms with van der Waals surface area (Å²) in [5, 5.41) is 21.7. The van der Waals surface area contributed by atoms with Gasteiger partial charge < -0.3 is 28.8 Å². The lowest BCUT2D eigenvalue weighted by Gasteiger charge is -2.49. The minimum absolute atomic E-state index is 0.0591. The van der Waals surface area contributed by atoms with Crippen molar-refractivity contribution in [2.75, 3.05) is 7.11 Å². The standard InChI is InChI=1S/C27H42BrClO8Si/c1-16(28)14-17(29)8-9-18(30)10-12-21(37-38(6,7)27(2,3)4)26-24(33)23(32)25-20(36-26)13-11-19(35-25)15-22(31)34-5/h17,19-21,23-26,32-33H,1,8-9,11,13-15H2,2-7H3/t17-,19-,20+,21+,23-,24+,25+,26?/m1/s1. The minimum Gasteiger partial charge on any atom is -0.469 e. The van der Waals surface area contributed by atoms with Crippen molar-refractivity contribution in [3.8, 4) is 11.8 Å². The zero-order valence-electron chi connectivity index (χ0n) is 23.2. The van der Waals surface area contributed by atoms with Gasteiger partial charge in [0.05, 0.1) is 25.7 Å². The molecule has 8 atom stereocenters. The Morgan fingerprint density at radius 1 is 1.21 bits per heavy atom. The van der Waals surface area contributed by atoms with Crippen molar-refractivity contribution in [2.24, 2.45) is 0 Å². The highest BCUT2D eigenvalue weighted by atomic mass is 79.9. The van der Waals surface area contributed by atoms with Crippen LogP contribution in [0.4, 0.5) is 0 Å². The predicted molar refractivity (Wildman–Crippen MR) is 152 cm³/mol. The van der Waals surface area contributed by atoms with E-state index in [1.807, 2.05) is 13.1 Å². The fourth-order valence-electron chi connectivity index (χ4n) is 4.20. The number of ketones is 1. The fraction of sp³-hybridized carbons (Fsp3) is 0.778. The molecular weight excluding hydrogens is 596 g/mol. The van der Waals surface area contributed by atoms with Gasteiger partial charge in [-0.1, -0.05) is 49.2 Å². The summed E-state index contributed by atoms with van der Waals surface area (Å²) in [5.41, 5.74) is 0. The number of rotatable bonds is 10. The summed E-state index contributed by atoms with van der Waals surface area (Å²) in [7, 11) is -1.10. The largest absolute Gasteiger partial charge is 0.469 e. The average molecular weight is 638 g/mol. The zero-order valence-corrected chi connectivity index (χ0v) is 26.5. The molecule has 11 heteroatoms. The van der Waals surface area contributed by atoms with Crippen molar-refractivity contribution < 1.29 is 38.4 Å². The molecule has 0 radical (unpaired) electrons. The number of halogens is 2. The number of alkyl halides is 1. The van der Waals surface area contributed by atoms with Crippen LogP contribution < -0.4 is 0 Å². The van der Waals surface area contributed by atoms with Crippen molar-refractivity contribution in [3.63, 3.8) is 0 Å². The van der Waals surface area contributed by atoms with Crippen molar-refractivity contribution >= 4 is 47.6 Å². The van der Waals surface area contributed by atoms with Crippen LogP contribution in [0.5, 0.6) is 0 Å². The number of allylic oxidation sites excluding steroid dienone is 1. The van der Waals surface area contributed by atoms with Gasteiger partial charge in [-0.2, -0.15) is 0 Å². The predicted octanol–water partition coefficient (Wildman–Crippen LogP) is 4.24. The number of carbonyl (C=O) groups excluding carboxylic acids is 2. The highest BCUT2D eigenvalue weighted by Gasteiger charge is 2.52. The molecule has 0 aliphatic carbocycles. The summed E-state index contributed by atoms with van der Waals surface area (Å²) < 4.78 is 24.2. The summed E-state index contributed by atoms with van der Waals surface area (Å²) in [4.78, 5) is 24.3. The summed E-state index contributed by atoms with van der Waals surface area (Å²) in [6.07, 6.45) is -4.07. The van der Waals surface area contributed by atoms with E-state index >= 15 is 0 Å². The van der Waals surface area contributed by atoms with Crippen LogP contribution in [0.2, 0.25) is 18.1 Å². The SMILES string of the molecule is C=C(Br)C[C@H](Cl)CCC(=O)C#C[C@H](O[Si](C)(C)C(C)(C)C)C1O[C@H]2CC[C@H](CC(=O)OC)O[C@@H]2[C@H](O)[C@@H]1O. The van der Waals surface area contributed by atoms with E-state index in [0.29, 0.717) is 25.7 Å². The third-order valence-electron chi connectivity index (χ3n) is 7.47. The number of hydrogen-bond donors (Lipinski definition) is 2. The normalized spacial score (nSPS) is 29.3. The quantitative estimate of drug-likeness (QED) is 0.120. The third-order valence-corrected chi connectivity index (χ3v) is 12.6. The second-order valence-corrected chi connectivity index (χ2v) is 18.0. The maximum absolute atomic E-state index is 12.6. The molecule has 2 saturated heterocycles. The van der Waals surface area contributed by atoms with Gasteiger partial charge in [0, 0.05) is 11.8 Å². The second-order valence-electron chi connectivity index (χ2n) is 11.5. The van der Waals surface area contributed by atoms with Crippen molar-refractivity contribution in [3.05, 3.63) is 11.1 Å². The van der Waals surface area contributed by atoms with Crippen LogP contribution in [0.25, 0.3) is 0 Å². The number of methoxy groups -OCH3 is 1. The number of esters is 1. The Labute approximate surface area is 241 Å². The van der Waals surface area contributed by atoms with Crippen molar-refractivity contribution in [1.82, 2.24) is 0 Å². The molecule has 2 rings (SSSR count). The Kier molecular flexibility index (Phi) is 12.5. The lowest BCUT2D eigenvalue weighted by molar-refractivity contribution is -0.272. The van der Waals surface area contributed by atoms with Gasteiger partial charge in [-0.3, -0.25) is 9.59 Å². The van der Waals surface area contributed by atoms with Crippen LogP contribution in [-0.4, -0.2) is 85.5 Å². The second kappa shape index (κ2) is 14.2. The highest BCUT2D eigenvalue weighted by Crippen LogP contribution is 2.40.